The molecule has 4 heteroatoms. The lowest BCUT2D eigenvalue weighted by atomic mass is 10.1. The number of aryl methyl sites for hydroxylation is 1. The summed E-state index contributed by atoms with van der Waals surface area (Å²) in [5.41, 5.74) is 1.56. The molecule has 0 heterocycles. The predicted octanol–water partition coefficient (Wildman–Crippen LogP) is 2.96. The van der Waals surface area contributed by atoms with E-state index in [4.69, 9.17) is 16.3 Å². The average molecular weight is 260 g/mol. The Kier molecular flexibility index (Phi) is 6.48. The molecule has 0 atom stereocenters. The highest BCUT2D eigenvalue weighted by Crippen LogP contribution is 2.20. The lowest BCUT2D eigenvalue weighted by molar-refractivity contribution is 0.139. The molecule has 2 nitrogen and oxygen atoms in total. The van der Waals surface area contributed by atoms with Crippen LogP contribution in [0.25, 0.3) is 0 Å². The fourth-order valence-corrected chi connectivity index (χ4v) is 1.76. The van der Waals surface area contributed by atoms with E-state index in [9.17, 15) is 4.39 Å². The van der Waals surface area contributed by atoms with Crippen LogP contribution < -0.4 is 5.32 Å². The second-order valence-corrected chi connectivity index (χ2v) is 4.32. The molecular weight excluding hydrogens is 241 g/mol. The summed E-state index contributed by atoms with van der Waals surface area (Å²) in [6, 6.07) is 3.15. The van der Waals surface area contributed by atoms with E-state index in [2.05, 4.69) is 12.2 Å². The second kappa shape index (κ2) is 7.64. The van der Waals surface area contributed by atoms with Gasteiger partial charge in [0.15, 0.2) is 0 Å². The molecule has 0 amide bonds. The van der Waals surface area contributed by atoms with Crippen molar-refractivity contribution in [3.05, 3.63) is 34.1 Å². The molecule has 0 aliphatic rings. The van der Waals surface area contributed by atoms with Gasteiger partial charge in [-0.25, -0.2) is 4.39 Å². The van der Waals surface area contributed by atoms with E-state index < -0.39 is 0 Å². The topological polar surface area (TPSA) is 21.3 Å². The van der Waals surface area contributed by atoms with Crippen LogP contribution in [0.2, 0.25) is 5.02 Å². The van der Waals surface area contributed by atoms with Crippen molar-refractivity contribution in [2.75, 3.05) is 26.3 Å². The van der Waals surface area contributed by atoms with Crippen molar-refractivity contribution in [2.45, 2.75) is 20.3 Å². The molecule has 0 saturated heterocycles. The lowest BCUT2D eigenvalue weighted by Gasteiger charge is -2.08. The monoisotopic (exact) mass is 259 g/mol. The van der Waals surface area contributed by atoms with E-state index in [0.717, 1.165) is 18.7 Å². The van der Waals surface area contributed by atoms with Gasteiger partial charge in [0, 0.05) is 11.6 Å². The molecule has 1 N–H and O–H groups in total. The first-order valence-electron chi connectivity index (χ1n) is 5.88. The van der Waals surface area contributed by atoms with Crippen LogP contribution in [-0.2, 0) is 11.2 Å². The SMILES string of the molecule is CCNCCOCCc1cc(C)c(F)cc1Cl. The van der Waals surface area contributed by atoms with Crippen LogP contribution in [0.1, 0.15) is 18.1 Å². The molecule has 1 rings (SSSR count). The van der Waals surface area contributed by atoms with E-state index in [1.165, 1.54) is 6.07 Å². The molecule has 0 spiro atoms. The van der Waals surface area contributed by atoms with Gasteiger partial charge in [-0.05, 0) is 37.1 Å². The second-order valence-electron chi connectivity index (χ2n) is 3.91. The van der Waals surface area contributed by atoms with E-state index in [1.54, 1.807) is 13.0 Å². The standard InChI is InChI=1S/C13H19ClFNO/c1-3-16-5-7-17-6-4-11-8-10(2)13(15)9-12(11)14/h8-9,16H,3-7H2,1-2H3. The van der Waals surface area contributed by atoms with Crippen molar-refractivity contribution >= 4 is 11.6 Å². The zero-order valence-electron chi connectivity index (χ0n) is 10.4. The summed E-state index contributed by atoms with van der Waals surface area (Å²) in [5, 5.41) is 3.65. The number of ether oxygens (including phenoxy) is 1. The third kappa shape index (κ3) is 5.02. The maximum atomic E-state index is 13.2. The summed E-state index contributed by atoms with van der Waals surface area (Å²) in [6.07, 6.45) is 0.714. The summed E-state index contributed by atoms with van der Waals surface area (Å²) in [5.74, 6) is -0.258. The summed E-state index contributed by atoms with van der Waals surface area (Å²) in [7, 11) is 0. The van der Waals surface area contributed by atoms with E-state index in [0.29, 0.717) is 30.2 Å². The maximum Gasteiger partial charge on any atom is 0.127 e. The predicted molar refractivity (Wildman–Crippen MR) is 69.2 cm³/mol. The number of rotatable bonds is 7. The molecular formula is C13H19ClFNO. The zero-order chi connectivity index (χ0) is 12.7. The Bertz CT molecular complexity index is 358. The van der Waals surface area contributed by atoms with Gasteiger partial charge in [-0.15, -0.1) is 0 Å². The van der Waals surface area contributed by atoms with Gasteiger partial charge in [-0.3, -0.25) is 0 Å². The third-order valence-corrected chi connectivity index (χ3v) is 2.87. The Morgan fingerprint density at radius 2 is 2.12 bits per heavy atom. The van der Waals surface area contributed by atoms with Crippen LogP contribution in [0.15, 0.2) is 12.1 Å². The number of hydrogen-bond acceptors (Lipinski definition) is 2. The Labute approximate surface area is 107 Å². The van der Waals surface area contributed by atoms with Gasteiger partial charge in [0.2, 0.25) is 0 Å². The van der Waals surface area contributed by atoms with Crippen molar-refractivity contribution in [3.8, 4) is 0 Å². The number of likely N-dealkylation sites (N-methyl/N-ethyl adjacent to an activating group) is 1. The molecule has 0 aliphatic heterocycles. The third-order valence-electron chi connectivity index (χ3n) is 2.52. The van der Waals surface area contributed by atoms with Crippen LogP contribution in [0.3, 0.4) is 0 Å². The van der Waals surface area contributed by atoms with Crippen LogP contribution >= 0.6 is 11.6 Å². The fraction of sp³-hybridized carbons (Fsp3) is 0.538. The minimum absolute atomic E-state index is 0.258. The van der Waals surface area contributed by atoms with E-state index in [1.807, 2.05) is 0 Å². The molecule has 1 aromatic rings. The highest BCUT2D eigenvalue weighted by Gasteiger charge is 2.05. The van der Waals surface area contributed by atoms with E-state index in [-0.39, 0.29) is 5.82 Å². The van der Waals surface area contributed by atoms with Gasteiger partial charge in [0.25, 0.3) is 0 Å². The summed E-state index contributed by atoms with van der Waals surface area (Å²) < 4.78 is 18.6. The highest BCUT2D eigenvalue weighted by atomic mass is 35.5. The van der Waals surface area contributed by atoms with Gasteiger partial charge in [-0.2, -0.15) is 0 Å². The zero-order valence-corrected chi connectivity index (χ0v) is 11.1. The molecule has 96 valence electrons. The Balaban J connectivity index is 2.34. The number of halogens is 2. The summed E-state index contributed by atoms with van der Waals surface area (Å²) >= 11 is 5.96. The number of benzene rings is 1. The maximum absolute atomic E-state index is 13.2. The first-order valence-corrected chi connectivity index (χ1v) is 6.26. The molecule has 0 saturated carbocycles. The minimum atomic E-state index is -0.258. The lowest BCUT2D eigenvalue weighted by Crippen LogP contribution is -2.19. The average Bonchev–Trinajstić information content (AvgIpc) is 2.30. The quantitative estimate of drug-likeness (QED) is 0.761. The summed E-state index contributed by atoms with van der Waals surface area (Å²) in [4.78, 5) is 0. The number of nitrogens with one attached hydrogen (secondary N) is 1. The smallest absolute Gasteiger partial charge is 0.127 e. The molecule has 0 fully saturated rings. The minimum Gasteiger partial charge on any atom is -0.380 e. The van der Waals surface area contributed by atoms with Crippen LogP contribution in [0.4, 0.5) is 4.39 Å². The Morgan fingerprint density at radius 1 is 1.35 bits per heavy atom. The Hall–Kier alpha value is -0.640. The number of hydrogen-bond donors (Lipinski definition) is 1. The molecule has 0 aromatic heterocycles. The van der Waals surface area contributed by atoms with E-state index >= 15 is 0 Å². The normalized spacial score (nSPS) is 10.8. The first kappa shape index (κ1) is 14.4. The molecule has 0 aliphatic carbocycles. The largest absolute Gasteiger partial charge is 0.380 e. The Morgan fingerprint density at radius 3 is 2.82 bits per heavy atom. The molecule has 17 heavy (non-hydrogen) atoms. The summed E-state index contributed by atoms with van der Waals surface area (Å²) in [6.45, 7) is 6.89. The highest BCUT2D eigenvalue weighted by molar-refractivity contribution is 6.31. The molecule has 0 unspecified atom stereocenters. The van der Waals surface area contributed by atoms with Gasteiger partial charge in [0.1, 0.15) is 5.82 Å². The fourth-order valence-electron chi connectivity index (χ4n) is 1.51. The van der Waals surface area contributed by atoms with Crippen molar-refractivity contribution in [3.63, 3.8) is 0 Å². The van der Waals surface area contributed by atoms with Crippen molar-refractivity contribution < 1.29 is 9.13 Å². The van der Waals surface area contributed by atoms with Crippen LogP contribution in [-0.4, -0.2) is 26.3 Å². The van der Waals surface area contributed by atoms with Crippen molar-refractivity contribution in [2.24, 2.45) is 0 Å². The van der Waals surface area contributed by atoms with Crippen molar-refractivity contribution in [1.82, 2.24) is 5.32 Å². The van der Waals surface area contributed by atoms with Crippen LogP contribution in [0.5, 0.6) is 0 Å². The molecule has 1 aromatic carbocycles. The molecule has 0 radical (unpaired) electrons. The van der Waals surface area contributed by atoms with Gasteiger partial charge in [0.05, 0.1) is 13.2 Å². The first-order chi connectivity index (χ1) is 8.15. The molecule has 0 bridgehead atoms. The van der Waals surface area contributed by atoms with Crippen molar-refractivity contribution in [1.29, 1.82) is 0 Å². The van der Waals surface area contributed by atoms with Gasteiger partial charge in [-0.1, -0.05) is 24.6 Å². The van der Waals surface area contributed by atoms with Gasteiger partial charge >= 0.3 is 0 Å². The van der Waals surface area contributed by atoms with Crippen LogP contribution in [0, 0.1) is 12.7 Å². The van der Waals surface area contributed by atoms with Gasteiger partial charge < -0.3 is 10.1 Å².